The van der Waals surface area contributed by atoms with Crippen molar-refractivity contribution in [1.29, 1.82) is 0 Å². The highest BCUT2D eigenvalue weighted by molar-refractivity contribution is 14.0. The van der Waals surface area contributed by atoms with Gasteiger partial charge in [-0.05, 0) is 90.6 Å². The summed E-state index contributed by atoms with van der Waals surface area (Å²) in [5.41, 5.74) is 0. The number of aliphatic imine (C=N–C) groups is 1. The minimum atomic E-state index is 0. The first-order chi connectivity index (χ1) is 11.8. The molecule has 0 amide bonds. The molecule has 5 nitrogen and oxygen atoms in total. The molecule has 2 saturated heterocycles. The van der Waals surface area contributed by atoms with E-state index in [1.807, 2.05) is 0 Å². The molecule has 0 atom stereocenters. The number of hydrogen-bond acceptors (Lipinski definition) is 3. The van der Waals surface area contributed by atoms with Gasteiger partial charge in [0.05, 0.1) is 0 Å². The highest BCUT2D eigenvalue weighted by atomic mass is 127. The van der Waals surface area contributed by atoms with Crippen LogP contribution in [0.3, 0.4) is 0 Å². The van der Waals surface area contributed by atoms with Crippen molar-refractivity contribution in [2.75, 3.05) is 58.9 Å². The molecule has 2 aliphatic rings. The summed E-state index contributed by atoms with van der Waals surface area (Å²) in [6.45, 7) is 15.0. The zero-order chi connectivity index (χ0) is 17.0. The highest BCUT2D eigenvalue weighted by Gasteiger charge is 2.14. The average molecular weight is 465 g/mol. The van der Waals surface area contributed by atoms with Crippen LogP contribution in [0.25, 0.3) is 0 Å². The van der Waals surface area contributed by atoms with Crippen LogP contribution in [0.5, 0.6) is 0 Å². The molecular weight excluding hydrogens is 425 g/mol. The molecule has 0 unspecified atom stereocenters. The second-order valence-electron chi connectivity index (χ2n) is 7.47. The summed E-state index contributed by atoms with van der Waals surface area (Å²) in [6.07, 6.45) is 7.87. The van der Waals surface area contributed by atoms with Crippen molar-refractivity contribution in [3.8, 4) is 0 Å². The quantitative estimate of drug-likeness (QED) is 0.238. The fraction of sp³-hybridized carbons (Fsp3) is 0.947. The monoisotopic (exact) mass is 465 g/mol. The molecule has 2 N–H and O–H groups in total. The molecule has 6 heteroatoms. The smallest absolute Gasteiger partial charge is 0.191 e. The van der Waals surface area contributed by atoms with Gasteiger partial charge < -0.3 is 20.4 Å². The minimum absolute atomic E-state index is 0. The summed E-state index contributed by atoms with van der Waals surface area (Å²) in [4.78, 5) is 9.90. The maximum Gasteiger partial charge on any atom is 0.191 e. The van der Waals surface area contributed by atoms with Gasteiger partial charge in [-0.2, -0.15) is 0 Å². The molecule has 2 fully saturated rings. The first kappa shape index (κ1) is 23.0. The molecule has 2 rings (SSSR count). The van der Waals surface area contributed by atoms with Crippen LogP contribution in [0.2, 0.25) is 0 Å². The fourth-order valence-electron chi connectivity index (χ4n) is 3.63. The predicted molar refractivity (Wildman–Crippen MR) is 119 cm³/mol. The van der Waals surface area contributed by atoms with Gasteiger partial charge in [0.15, 0.2) is 5.96 Å². The van der Waals surface area contributed by atoms with Gasteiger partial charge >= 0.3 is 0 Å². The number of piperidine rings is 1. The van der Waals surface area contributed by atoms with Gasteiger partial charge in [-0.15, -0.1) is 24.0 Å². The Bertz CT molecular complexity index is 350. The molecule has 0 bridgehead atoms. The Morgan fingerprint density at radius 1 is 0.960 bits per heavy atom. The average Bonchev–Trinajstić information content (AvgIpc) is 3.10. The Balaban J connectivity index is 0.00000312. The van der Waals surface area contributed by atoms with Gasteiger partial charge in [-0.3, -0.25) is 4.99 Å². The second kappa shape index (κ2) is 14.0. The second-order valence-corrected chi connectivity index (χ2v) is 7.47. The first-order valence-electron chi connectivity index (χ1n) is 10.2. The summed E-state index contributed by atoms with van der Waals surface area (Å²) in [6, 6.07) is 0. The minimum Gasteiger partial charge on any atom is -0.357 e. The fourth-order valence-corrected chi connectivity index (χ4v) is 3.63. The molecule has 0 aromatic heterocycles. The van der Waals surface area contributed by atoms with Gasteiger partial charge in [-0.1, -0.05) is 6.92 Å². The summed E-state index contributed by atoms with van der Waals surface area (Å²) in [5, 5.41) is 6.86. The molecule has 25 heavy (non-hydrogen) atoms. The Morgan fingerprint density at radius 2 is 1.60 bits per heavy atom. The zero-order valence-corrected chi connectivity index (χ0v) is 18.8. The Hall–Kier alpha value is -0.0800. The Kier molecular flexibility index (Phi) is 12.9. The maximum atomic E-state index is 4.72. The van der Waals surface area contributed by atoms with Gasteiger partial charge in [0, 0.05) is 19.6 Å². The number of likely N-dealkylation sites (tertiary alicyclic amines) is 2. The van der Waals surface area contributed by atoms with Gasteiger partial charge in [-0.25, -0.2) is 0 Å². The molecule has 0 aromatic carbocycles. The van der Waals surface area contributed by atoms with Gasteiger partial charge in [0.2, 0.25) is 0 Å². The van der Waals surface area contributed by atoms with Crippen molar-refractivity contribution in [2.24, 2.45) is 10.9 Å². The van der Waals surface area contributed by atoms with Crippen LogP contribution < -0.4 is 10.6 Å². The van der Waals surface area contributed by atoms with E-state index in [0.717, 1.165) is 31.5 Å². The van der Waals surface area contributed by atoms with E-state index in [1.165, 1.54) is 77.8 Å². The maximum absolute atomic E-state index is 4.72. The molecule has 0 spiro atoms. The van der Waals surface area contributed by atoms with Crippen molar-refractivity contribution in [3.63, 3.8) is 0 Å². The lowest BCUT2D eigenvalue weighted by molar-refractivity contribution is 0.191. The van der Waals surface area contributed by atoms with Gasteiger partial charge in [0.25, 0.3) is 0 Å². The summed E-state index contributed by atoms with van der Waals surface area (Å²) >= 11 is 0. The lowest BCUT2D eigenvalue weighted by Gasteiger charge is -2.30. The van der Waals surface area contributed by atoms with Crippen LogP contribution >= 0.6 is 24.0 Å². The standard InChI is InChI=1S/C19H39N5.HI/c1-3-20-19(21-10-6-14-23-12-4-5-13-23)22-11-7-15-24-16-8-18(2)9-17-24;/h18H,3-17H2,1-2H3,(H2,20,21,22);1H. The number of nitrogens with one attached hydrogen (secondary N) is 2. The van der Waals surface area contributed by atoms with E-state index < -0.39 is 0 Å². The number of halogens is 1. The van der Waals surface area contributed by atoms with Crippen LogP contribution in [0, 0.1) is 5.92 Å². The molecule has 0 radical (unpaired) electrons. The van der Waals surface area contributed by atoms with E-state index in [1.54, 1.807) is 0 Å². The van der Waals surface area contributed by atoms with Crippen LogP contribution in [0.1, 0.15) is 52.4 Å². The van der Waals surface area contributed by atoms with Crippen molar-refractivity contribution in [1.82, 2.24) is 20.4 Å². The zero-order valence-electron chi connectivity index (χ0n) is 16.4. The topological polar surface area (TPSA) is 42.9 Å². The van der Waals surface area contributed by atoms with E-state index in [2.05, 4.69) is 34.3 Å². The molecular formula is C19H40IN5. The largest absolute Gasteiger partial charge is 0.357 e. The van der Waals surface area contributed by atoms with E-state index >= 15 is 0 Å². The lowest BCUT2D eigenvalue weighted by atomic mass is 9.99. The van der Waals surface area contributed by atoms with Crippen molar-refractivity contribution < 1.29 is 0 Å². The van der Waals surface area contributed by atoms with E-state index in [4.69, 9.17) is 4.99 Å². The summed E-state index contributed by atoms with van der Waals surface area (Å²) < 4.78 is 0. The number of guanidine groups is 1. The normalized spacial score (nSPS) is 20.5. The van der Waals surface area contributed by atoms with Crippen molar-refractivity contribution >= 4 is 29.9 Å². The molecule has 2 aliphatic heterocycles. The molecule has 0 saturated carbocycles. The summed E-state index contributed by atoms with van der Waals surface area (Å²) in [7, 11) is 0. The van der Waals surface area contributed by atoms with Crippen LogP contribution in [-0.4, -0.2) is 74.7 Å². The highest BCUT2D eigenvalue weighted by Crippen LogP contribution is 2.15. The third-order valence-corrected chi connectivity index (χ3v) is 5.27. The lowest BCUT2D eigenvalue weighted by Crippen LogP contribution is -2.40. The molecule has 2 heterocycles. The third kappa shape index (κ3) is 9.99. The van der Waals surface area contributed by atoms with Crippen molar-refractivity contribution in [2.45, 2.75) is 52.4 Å². The van der Waals surface area contributed by atoms with E-state index in [0.29, 0.717) is 0 Å². The third-order valence-electron chi connectivity index (χ3n) is 5.27. The van der Waals surface area contributed by atoms with E-state index in [-0.39, 0.29) is 24.0 Å². The van der Waals surface area contributed by atoms with Crippen LogP contribution in [-0.2, 0) is 0 Å². The van der Waals surface area contributed by atoms with Crippen LogP contribution in [0.4, 0.5) is 0 Å². The molecule has 148 valence electrons. The Labute approximate surface area is 172 Å². The number of nitrogens with zero attached hydrogens (tertiary/aromatic N) is 3. The number of rotatable bonds is 9. The van der Waals surface area contributed by atoms with Gasteiger partial charge in [0.1, 0.15) is 0 Å². The number of hydrogen-bond donors (Lipinski definition) is 2. The van der Waals surface area contributed by atoms with Crippen LogP contribution in [0.15, 0.2) is 4.99 Å². The SMILES string of the molecule is CCNC(=NCCCN1CCCC1)NCCCN1CCC(C)CC1.I. The molecule has 0 aromatic rings. The first-order valence-corrected chi connectivity index (χ1v) is 10.2. The predicted octanol–water partition coefficient (Wildman–Crippen LogP) is 2.77. The molecule has 0 aliphatic carbocycles. The Morgan fingerprint density at radius 3 is 2.28 bits per heavy atom. The summed E-state index contributed by atoms with van der Waals surface area (Å²) in [5.74, 6) is 1.92. The van der Waals surface area contributed by atoms with E-state index in [9.17, 15) is 0 Å². The van der Waals surface area contributed by atoms with Crippen molar-refractivity contribution in [3.05, 3.63) is 0 Å².